The van der Waals surface area contributed by atoms with E-state index >= 15 is 0 Å². The van der Waals surface area contributed by atoms with E-state index in [2.05, 4.69) is 47.0 Å². The molecule has 0 fully saturated rings. The minimum absolute atomic E-state index is 0.119. The number of rotatable bonds is 16. The van der Waals surface area contributed by atoms with Gasteiger partial charge in [-0.2, -0.15) is 0 Å². The van der Waals surface area contributed by atoms with Crippen molar-refractivity contribution in [2.24, 2.45) is 0 Å². The summed E-state index contributed by atoms with van der Waals surface area (Å²) in [6, 6.07) is 67.7. The van der Waals surface area contributed by atoms with Crippen molar-refractivity contribution >= 4 is 33.4 Å². The molecule has 6 nitrogen and oxygen atoms in total. The quantitative estimate of drug-likeness (QED) is 0.0732. The molecule has 0 radical (unpaired) electrons. The van der Waals surface area contributed by atoms with Gasteiger partial charge in [-0.15, -0.1) is 0 Å². The average molecular weight is 803 g/mol. The molecule has 8 rings (SSSR count). The summed E-state index contributed by atoms with van der Waals surface area (Å²) in [6.07, 6.45) is -0.00725. The lowest BCUT2D eigenvalue weighted by Crippen LogP contribution is -2.51. The van der Waals surface area contributed by atoms with E-state index in [0.29, 0.717) is 0 Å². The molecule has 0 saturated heterocycles. The summed E-state index contributed by atoms with van der Waals surface area (Å²) < 4.78 is 0. The van der Waals surface area contributed by atoms with Gasteiger partial charge in [-0.3, -0.25) is 9.59 Å². The van der Waals surface area contributed by atoms with Gasteiger partial charge in [0, 0.05) is 37.8 Å². The van der Waals surface area contributed by atoms with E-state index in [1.54, 1.807) is 0 Å². The Bertz CT molecular complexity index is 2510. The van der Waals surface area contributed by atoms with E-state index in [9.17, 15) is 19.8 Å². The topological polar surface area (TPSA) is 98.7 Å². The summed E-state index contributed by atoms with van der Waals surface area (Å²) >= 11 is 0. The van der Waals surface area contributed by atoms with Crippen LogP contribution >= 0.6 is 0 Å². The fourth-order valence-corrected chi connectivity index (χ4v) is 9.06. The Morgan fingerprint density at radius 2 is 0.738 bits per heavy atom. The number of fused-ring (bicyclic) bond motifs is 2. The zero-order valence-electron chi connectivity index (χ0n) is 34.0. The van der Waals surface area contributed by atoms with Gasteiger partial charge in [0.2, 0.25) is 11.8 Å². The molecule has 8 aromatic carbocycles. The van der Waals surface area contributed by atoms with E-state index in [0.717, 1.165) is 54.9 Å². The maximum Gasteiger partial charge on any atom is 0.229 e. The van der Waals surface area contributed by atoms with E-state index in [-0.39, 0.29) is 25.9 Å². The molecule has 0 aliphatic heterocycles. The number of amides is 2. The Labute approximate surface area is 357 Å². The standard InChI is InChI=1S/C55H50N2O4/c58-50(56-38-54(60,36-40-19-5-1-6-20-40)52(44-25-9-3-10-26-44)48-33-17-29-42-23-13-15-31-46(42)48)35-51(59)57-39-55(61,37-41-21-7-2-8-22-41)53(45-27-11-4-12-28-45)49-34-18-30-43-24-14-16-32-47(43)49/h1-34,52-53,60-61H,35-39H2,(H,56,58)(H,57,59). The minimum atomic E-state index is -1.50. The maximum absolute atomic E-state index is 13.9. The van der Waals surface area contributed by atoms with Crippen molar-refractivity contribution in [1.82, 2.24) is 10.6 Å². The second-order valence-electron chi connectivity index (χ2n) is 16.1. The molecule has 0 aromatic heterocycles. The number of carbonyl (C=O) groups is 2. The molecule has 2 amide bonds. The van der Waals surface area contributed by atoms with Crippen molar-refractivity contribution in [1.29, 1.82) is 0 Å². The predicted octanol–water partition coefficient (Wildman–Crippen LogP) is 9.53. The Hall–Kier alpha value is -6.86. The Balaban J connectivity index is 1.07. The van der Waals surface area contributed by atoms with Crippen LogP contribution in [0.4, 0.5) is 0 Å². The highest BCUT2D eigenvalue weighted by Gasteiger charge is 2.42. The van der Waals surface area contributed by atoms with Crippen LogP contribution in [0.3, 0.4) is 0 Å². The first-order valence-corrected chi connectivity index (χ1v) is 20.9. The highest BCUT2D eigenvalue weighted by atomic mass is 16.3. The largest absolute Gasteiger partial charge is 0.387 e. The molecule has 4 unspecified atom stereocenters. The molecule has 0 saturated carbocycles. The van der Waals surface area contributed by atoms with Crippen molar-refractivity contribution < 1.29 is 19.8 Å². The van der Waals surface area contributed by atoms with Gasteiger partial charge in [0.05, 0.1) is 11.2 Å². The fraction of sp³-hybridized carbons (Fsp3) is 0.164. The summed E-state index contributed by atoms with van der Waals surface area (Å²) in [5.74, 6) is -2.14. The molecule has 4 atom stereocenters. The van der Waals surface area contributed by atoms with Crippen LogP contribution in [0.2, 0.25) is 0 Å². The zero-order chi connectivity index (χ0) is 42.1. The number of carbonyl (C=O) groups excluding carboxylic acids is 2. The van der Waals surface area contributed by atoms with Crippen LogP contribution in [0.1, 0.15) is 51.6 Å². The Morgan fingerprint density at radius 1 is 0.410 bits per heavy atom. The average Bonchev–Trinajstić information content (AvgIpc) is 3.29. The number of hydrogen-bond acceptors (Lipinski definition) is 4. The highest BCUT2D eigenvalue weighted by Crippen LogP contribution is 2.42. The van der Waals surface area contributed by atoms with Crippen LogP contribution in [-0.2, 0) is 22.4 Å². The van der Waals surface area contributed by atoms with Gasteiger partial charge in [-0.05, 0) is 54.9 Å². The summed E-state index contributed by atoms with van der Waals surface area (Å²) in [7, 11) is 0. The lowest BCUT2D eigenvalue weighted by Gasteiger charge is -2.38. The van der Waals surface area contributed by atoms with Gasteiger partial charge in [-0.1, -0.05) is 206 Å². The Morgan fingerprint density at radius 3 is 1.13 bits per heavy atom. The van der Waals surface area contributed by atoms with E-state index in [4.69, 9.17) is 0 Å². The zero-order valence-corrected chi connectivity index (χ0v) is 34.0. The molecular formula is C55H50N2O4. The Kier molecular flexibility index (Phi) is 12.5. The smallest absolute Gasteiger partial charge is 0.229 e. The maximum atomic E-state index is 13.9. The van der Waals surface area contributed by atoms with Crippen LogP contribution in [0.25, 0.3) is 21.5 Å². The monoisotopic (exact) mass is 802 g/mol. The van der Waals surface area contributed by atoms with E-state index < -0.39 is 41.3 Å². The minimum Gasteiger partial charge on any atom is -0.387 e. The van der Waals surface area contributed by atoms with Crippen molar-refractivity contribution in [2.45, 2.75) is 42.3 Å². The second-order valence-corrected chi connectivity index (χ2v) is 16.1. The third kappa shape index (κ3) is 9.47. The molecule has 6 heteroatoms. The van der Waals surface area contributed by atoms with Crippen LogP contribution in [0, 0.1) is 0 Å². The van der Waals surface area contributed by atoms with E-state index in [1.807, 2.05) is 170 Å². The molecular weight excluding hydrogens is 753 g/mol. The van der Waals surface area contributed by atoms with Gasteiger partial charge >= 0.3 is 0 Å². The predicted molar refractivity (Wildman–Crippen MR) is 245 cm³/mol. The number of benzene rings is 8. The van der Waals surface area contributed by atoms with Crippen molar-refractivity contribution in [3.05, 3.63) is 240 Å². The lowest BCUT2D eigenvalue weighted by atomic mass is 9.73. The molecule has 304 valence electrons. The summed E-state index contributed by atoms with van der Waals surface area (Å²) in [4.78, 5) is 27.7. The molecule has 8 aromatic rings. The second kappa shape index (κ2) is 18.6. The van der Waals surface area contributed by atoms with Gasteiger partial charge in [0.1, 0.15) is 6.42 Å². The third-order valence-electron chi connectivity index (χ3n) is 11.8. The van der Waals surface area contributed by atoms with Gasteiger partial charge < -0.3 is 20.8 Å². The number of aliphatic hydroxyl groups is 2. The first-order valence-electron chi connectivity index (χ1n) is 20.9. The molecule has 4 N–H and O–H groups in total. The van der Waals surface area contributed by atoms with Gasteiger partial charge in [-0.25, -0.2) is 0 Å². The molecule has 0 spiro atoms. The molecule has 0 aliphatic carbocycles. The van der Waals surface area contributed by atoms with Gasteiger partial charge in [0.25, 0.3) is 0 Å². The third-order valence-corrected chi connectivity index (χ3v) is 11.8. The molecule has 0 heterocycles. The van der Waals surface area contributed by atoms with Crippen LogP contribution < -0.4 is 10.6 Å². The number of nitrogens with one attached hydrogen (secondary N) is 2. The molecule has 61 heavy (non-hydrogen) atoms. The molecule has 0 bridgehead atoms. The SMILES string of the molecule is O=C(CC(=O)NCC(O)(Cc1ccccc1)C(c1ccccc1)c1cccc2ccccc12)NCC(O)(Cc1ccccc1)C(c1ccccc1)c1cccc2ccccc12. The van der Waals surface area contributed by atoms with Crippen molar-refractivity contribution in [2.75, 3.05) is 13.1 Å². The lowest BCUT2D eigenvalue weighted by molar-refractivity contribution is -0.130. The summed E-state index contributed by atoms with van der Waals surface area (Å²) in [5.41, 5.74) is 2.50. The number of hydrogen-bond donors (Lipinski definition) is 4. The van der Waals surface area contributed by atoms with Crippen molar-refractivity contribution in [3.8, 4) is 0 Å². The normalized spacial score (nSPS) is 14.3. The fourth-order valence-electron chi connectivity index (χ4n) is 9.06. The highest BCUT2D eigenvalue weighted by molar-refractivity contribution is 5.97. The van der Waals surface area contributed by atoms with E-state index in [1.165, 1.54) is 0 Å². The summed E-state index contributed by atoms with van der Waals surface area (Å²) in [6.45, 7) is -0.238. The first kappa shape index (κ1) is 40.9. The van der Waals surface area contributed by atoms with Crippen LogP contribution in [0.5, 0.6) is 0 Å². The van der Waals surface area contributed by atoms with Crippen LogP contribution in [0.15, 0.2) is 206 Å². The van der Waals surface area contributed by atoms with Crippen molar-refractivity contribution in [3.63, 3.8) is 0 Å². The first-order chi connectivity index (χ1) is 29.8. The molecule has 0 aliphatic rings. The van der Waals surface area contributed by atoms with Crippen LogP contribution in [-0.4, -0.2) is 46.3 Å². The summed E-state index contributed by atoms with van der Waals surface area (Å²) in [5, 5.41) is 36.1. The van der Waals surface area contributed by atoms with Gasteiger partial charge in [0.15, 0.2) is 0 Å².